The SMILES string of the molecule is NCC(=O)Nc1ccc(/N=N/CC(=O)Oc2ccccc2)c(N)n1. The summed E-state index contributed by atoms with van der Waals surface area (Å²) in [5, 5.41) is 10.0. The van der Waals surface area contributed by atoms with Crippen molar-refractivity contribution < 1.29 is 14.3 Å². The van der Waals surface area contributed by atoms with E-state index in [2.05, 4.69) is 20.5 Å². The molecule has 9 nitrogen and oxygen atoms in total. The Bertz CT molecular complexity index is 748. The maximum absolute atomic E-state index is 11.6. The molecule has 0 atom stereocenters. The zero-order valence-electron chi connectivity index (χ0n) is 12.7. The Morgan fingerprint density at radius 3 is 2.58 bits per heavy atom. The first-order valence-electron chi connectivity index (χ1n) is 6.98. The summed E-state index contributed by atoms with van der Waals surface area (Å²) in [5.74, 6) is -0.197. The van der Waals surface area contributed by atoms with E-state index in [1.165, 1.54) is 12.1 Å². The Balaban J connectivity index is 1.91. The summed E-state index contributed by atoms with van der Waals surface area (Å²) in [6, 6.07) is 11.6. The molecule has 5 N–H and O–H groups in total. The van der Waals surface area contributed by atoms with Gasteiger partial charge in [-0.25, -0.2) is 9.78 Å². The number of nitrogen functional groups attached to an aromatic ring is 1. The molecule has 0 unspecified atom stereocenters. The van der Waals surface area contributed by atoms with Gasteiger partial charge in [-0.15, -0.1) is 0 Å². The molecule has 9 heteroatoms. The molecule has 1 aromatic carbocycles. The Kier molecular flexibility index (Phi) is 5.92. The number of benzene rings is 1. The molecule has 1 aromatic heterocycles. The van der Waals surface area contributed by atoms with Crippen molar-refractivity contribution in [3.05, 3.63) is 42.5 Å². The minimum Gasteiger partial charge on any atom is -0.425 e. The number of nitrogens with zero attached hydrogens (tertiary/aromatic N) is 3. The lowest BCUT2D eigenvalue weighted by Crippen LogP contribution is -2.22. The second kappa shape index (κ2) is 8.34. The van der Waals surface area contributed by atoms with E-state index in [0.29, 0.717) is 5.75 Å². The van der Waals surface area contributed by atoms with Crippen molar-refractivity contribution in [1.82, 2.24) is 4.98 Å². The molecule has 2 aromatic rings. The largest absolute Gasteiger partial charge is 0.425 e. The van der Waals surface area contributed by atoms with Crippen LogP contribution < -0.4 is 21.5 Å². The molecule has 1 amide bonds. The van der Waals surface area contributed by atoms with Crippen LogP contribution in [-0.4, -0.2) is 29.9 Å². The summed E-state index contributed by atoms with van der Waals surface area (Å²) in [4.78, 5) is 26.7. The zero-order chi connectivity index (χ0) is 17.4. The predicted octanol–water partition coefficient (Wildman–Crippen LogP) is 1.25. The summed E-state index contributed by atoms with van der Waals surface area (Å²) in [5.41, 5.74) is 11.2. The Labute approximate surface area is 137 Å². The van der Waals surface area contributed by atoms with Crippen LogP contribution in [0.15, 0.2) is 52.7 Å². The molecule has 1 heterocycles. The second-order valence-corrected chi connectivity index (χ2v) is 4.54. The van der Waals surface area contributed by atoms with E-state index >= 15 is 0 Å². The third kappa shape index (κ3) is 5.14. The van der Waals surface area contributed by atoms with Gasteiger partial charge in [0.2, 0.25) is 5.91 Å². The van der Waals surface area contributed by atoms with E-state index in [0.717, 1.165) is 0 Å². The van der Waals surface area contributed by atoms with E-state index < -0.39 is 5.97 Å². The highest BCUT2D eigenvalue weighted by Gasteiger charge is 2.06. The van der Waals surface area contributed by atoms with Crippen molar-refractivity contribution in [2.75, 3.05) is 24.1 Å². The van der Waals surface area contributed by atoms with Gasteiger partial charge in [0.1, 0.15) is 17.3 Å². The normalized spacial score (nSPS) is 10.5. The number of hydrogen-bond acceptors (Lipinski definition) is 8. The minimum absolute atomic E-state index is 0.0602. The first-order valence-corrected chi connectivity index (χ1v) is 6.98. The van der Waals surface area contributed by atoms with Gasteiger partial charge in [-0.3, -0.25) is 4.79 Å². The molecule has 2 rings (SSSR count). The Morgan fingerprint density at radius 1 is 1.17 bits per heavy atom. The Hall–Kier alpha value is -3.33. The van der Waals surface area contributed by atoms with Crippen LogP contribution in [0.2, 0.25) is 0 Å². The first-order chi connectivity index (χ1) is 11.6. The van der Waals surface area contributed by atoms with Crippen molar-refractivity contribution in [3.63, 3.8) is 0 Å². The average Bonchev–Trinajstić information content (AvgIpc) is 2.57. The van der Waals surface area contributed by atoms with E-state index in [-0.39, 0.29) is 36.3 Å². The number of rotatable bonds is 6. The lowest BCUT2D eigenvalue weighted by atomic mass is 10.3. The summed E-state index contributed by atoms with van der Waals surface area (Å²) in [6.45, 7) is -0.424. The Morgan fingerprint density at radius 2 is 1.92 bits per heavy atom. The van der Waals surface area contributed by atoms with Gasteiger partial charge in [-0.05, 0) is 24.3 Å². The lowest BCUT2D eigenvalue weighted by molar-refractivity contribution is -0.132. The maximum Gasteiger partial charge on any atom is 0.335 e. The van der Waals surface area contributed by atoms with Gasteiger partial charge in [-0.2, -0.15) is 10.2 Å². The third-order valence-corrected chi connectivity index (χ3v) is 2.71. The fourth-order valence-corrected chi connectivity index (χ4v) is 1.64. The van der Waals surface area contributed by atoms with Gasteiger partial charge >= 0.3 is 5.97 Å². The van der Waals surface area contributed by atoms with E-state index in [1.807, 2.05) is 6.07 Å². The van der Waals surface area contributed by atoms with Crippen LogP contribution >= 0.6 is 0 Å². The van der Waals surface area contributed by atoms with Crippen LogP contribution in [0.25, 0.3) is 0 Å². The number of hydrogen-bond donors (Lipinski definition) is 3. The number of para-hydroxylation sites is 1. The molecule has 124 valence electrons. The van der Waals surface area contributed by atoms with Crippen molar-refractivity contribution >= 4 is 29.2 Å². The quantitative estimate of drug-likeness (QED) is 0.413. The highest BCUT2D eigenvalue weighted by molar-refractivity contribution is 5.91. The molecule has 0 bridgehead atoms. The van der Waals surface area contributed by atoms with Gasteiger partial charge in [-0.1, -0.05) is 18.2 Å². The number of carbonyl (C=O) groups excluding carboxylic acids is 2. The number of nitrogens with two attached hydrogens (primary N) is 2. The monoisotopic (exact) mass is 328 g/mol. The van der Waals surface area contributed by atoms with E-state index in [1.54, 1.807) is 24.3 Å². The zero-order valence-corrected chi connectivity index (χ0v) is 12.7. The molecule has 0 aliphatic carbocycles. The fraction of sp³-hybridized carbons (Fsp3) is 0.133. The topological polar surface area (TPSA) is 145 Å². The standard InChI is InChI=1S/C15H16N6O3/c16-8-13(22)19-12-7-6-11(15(17)20-12)21-18-9-14(23)24-10-4-2-1-3-5-10/h1-7H,8-9,16H2,(H3,17,19,20,22)/b21-18+. The number of ether oxygens (including phenoxy) is 1. The number of carbonyl (C=O) groups is 2. The summed E-state index contributed by atoms with van der Waals surface area (Å²) in [7, 11) is 0. The molecular weight excluding hydrogens is 312 g/mol. The number of pyridine rings is 1. The second-order valence-electron chi connectivity index (χ2n) is 4.54. The molecule has 24 heavy (non-hydrogen) atoms. The maximum atomic E-state index is 11.6. The van der Waals surface area contributed by atoms with Crippen LogP contribution in [0, 0.1) is 0 Å². The first kappa shape index (κ1) is 17.0. The van der Waals surface area contributed by atoms with E-state index in [9.17, 15) is 9.59 Å². The van der Waals surface area contributed by atoms with Crippen LogP contribution in [0.4, 0.5) is 17.3 Å². The van der Waals surface area contributed by atoms with Gasteiger partial charge in [0.15, 0.2) is 12.4 Å². The highest BCUT2D eigenvalue weighted by Crippen LogP contribution is 2.22. The van der Waals surface area contributed by atoms with Gasteiger partial charge in [0.25, 0.3) is 0 Å². The molecular formula is C15H16N6O3. The molecule has 0 saturated carbocycles. The summed E-state index contributed by atoms with van der Waals surface area (Å²) < 4.78 is 5.06. The molecule has 0 fully saturated rings. The summed E-state index contributed by atoms with van der Waals surface area (Å²) >= 11 is 0. The van der Waals surface area contributed by atoms with Gasteiger partial charge < -0.3 is 21.5 Å². The minimum atomic E-state index is -0.552. The number of aromatic nitrogens is 1. The molecule has 0 aliphatic heterocycles. The molecule has 0 radical (unpaired) electrons. The van der Waals surface area contributed by atoms with Gasteiger partial charge in [0, 0.05) is 0 Å². The van der Waals surface area contributed by atoms with Gasteiger partial charge in [0.05, 0.1) is 6.54 Å². The number of anilines is 2. The van der Waals surface area contributed by atoms with E-state index in [4.69, 9.17) is 16.2 Å². The number of nitrogens with one attached hydrogen (secondary N) is 1. The number of esters is 1. The summed E-state index contributed by atoms with van der Waals surface area (Å²) in [6.07, 6.45) is 0. The molecule has 0 saturated heterocycles. The third-order valence-electron chi connectivity index (χ3n) is 2.71. The smallest absolute Gasteiger partial charge is 0.335 e. The predicted molar refractivity (Wildman–Crippen MR) is 87.8 cm³/mol. The number of amides is 1. The van der Waals surface area contributed by atoms with Crippen molar-refractivity contribution in [1.29, 1.82) is 0 Å². The van der Waals surface area contributed by atoms with Crippen molar-refractivity contribution in [2.24, 2.45) is 16.0 Å². The number of azo groups is 1. The molecule has 0 aliphatic rings. The van der Waals surface area contributed by atoms with Crippen LogP contribution in [-0.2, 0) is 9.59 Å². The highest BCUT2D eigenvalue weighted by atomic mass is 16.5. The average molecular weight is 328 g/mol. The van der Waals surface area contributed by atoms with Crippen LogP contribution in [0.1, 0.15) is 0 Å². The van der Waals surface area contributed by atoms with Crippen molar-refractivity contribution in [3.8, 4) is 5.75 Å². The fourth-order valence-electron chi connectivity index (χ4n) is 1.64. The van der Waals surface area contributed by atoms with Crippen LogP contribution in [0.3, 0.4) is 0 Å². The lowest BCUT2D eigenvalue weighted by Gasteiger charge is -2.04. The van der Waals surface area contributed by atoms with Crippen LogP contribution in [0.5, 0.6) is 5.75 Å². The molecule has 0 spiro atoms. The van der Waals surface area contributed by atoms with Crippen molar-refractivity contribution in [2.45, 2.75) is 0 Å².